The van der Waals surface area contributed by atoms with Crippen LogP contribution in [0.3, 0.4) is 0 Å². The second kappa shape index (κ2) is 5.74. The lowest BCUT2D eigenvalue weighted by molar-refractivity contribution is 0.154. The van der Waals surface area contributed by atoms with Crippen molar-refractivity contribution in [3.05, 3.63) is 17.6 Å². The van der Waals surface area contributed by atoms with Crippen molar-refractivity contribution in [2.45, 2.75) is 52.0 Å². The monoisotopic (exact) mass is 314 g/mol. The Kier molecular flexibility index (Phi) is 4.52. The minimum Gasteiger partial charge on any atom is -0.464 e. The van der Waals surface area contributed by atoms with Crippen molar-refractivity contribution in [1.29, 1.82) is 0 Å². The quantitative estimate of drug-likeness (QED) is 0.930. The largest absolute Gasteiger partial charge is 0.464 e. The van der Waals surface area contributed by atoms with Crippen LogP contribution in [0.1, 0.15) is 45.1 Å². The Morgan fingerprint density at radius 1 is 1.33 bits per heavy atom. The summed E-state index contributed by atoms with van der Waals surface area (Å²) in [7, 11) is -3.47. The molecule has 0 saturated carbocycles. The van der Waals surface area contributed by atoms with Crippen LogP contribution in [0.25, 0.3) is 0 Å². The lowest BCUT2D eigenvalue weighted by atomic mass is 9.76. The van der Waals surface area contributed by atoms with Crippen molar-refractivity contribution < 1.29 is 12.8 Å². The Balaban J connectivity index is 2.17. The number of hydrogen-bond acceptors (Lipinski definition) is 4. The Labute approximate surface area is 127 Å². The Hall–Kier alpha value is -0.850. The van der Waals surface area contributed by atoms with E-state index in [9.17, 15) is 8.42 Å². The number of aryl methyl sites for hydroxylation is 1. The Morgan fingerprint density at radius 2 is 1.90 bits per heavy atom. The molecule has 1 fully saturated rings. The first-order valence-electron chi connectivity index (χ1n) is 7.46. The van der Waals surface area contributed by atoms with Crippen LogP contribution in [0.15, 0.2) is 15.4 Å². The Morgan fingerprint density at radius 3 is 2.33 bits per heavy atom. The molecule has 0 radical (unpaired) electrons. The predicted octanol–water partition coefficient (Wildman–Crippen LogP) is 2.49. The van der Waals surface area contributed by atoms with Crippen LogP contribution in [-0.2, 0) is 16.6 Å². The molecule has 2 N–H and O–H groups in total. The van der Waals surface area contributed by atoms with Crippen LogP contribution in [-0.4, -0.2) is 25.8 Å². The van der Waals surface area contributed by atoms with Crippen molar-refractivity contribution in [1.82, 2.24) is 4.31 Å². The maximum absolute atomic E-state index is 12.7. The molecule has 1 aliphatic rings. The number of nitrogens with zero attached hydrogens (tertiary/aromatic N) is 1. The van der Waals surface area contributed by atoms with Gasteiger partial charge in [0.15, 0.2) is 0 Å². The van der Waals surface area contributed by atoms with Gasteiger partial charge in [-0.05, 0) is 31.1 Å². The molecular weight excluding hydrogens is 288 g/mol. The van der Waals surface area contributed by atoms with E-state index in [1.54, 1.807) is 17.3 Å². The van der Waals surface area contributed by atoms with Crippen LogP contribution < -0.4 is 5.73 Å². The van der Waals surface area contributed by atoms with E-state index in [2.05, 4.69) is 20.8 Å². The van der Waals surface area contributed by atoms with Crippen molar-refractivity contribution in [3.63, 3.8) is 0 Å². The zero-order valence-corrected chi connectivity index (χ0v) is 14.2. The van der Waals surface area contributed by atoms with Crippen molar-refractivity contribution in [3.8, 4) is 0 Å². The summed E-state index contributed by atoms with van der Waals surface area (Å²) in [5.41, 5.74) is 5.75. The zero-order chi connectivity index (χ0) is 15.8. The number of hydrogen-bond donors (Lipinski definition) is 1. The number of rotatable bonds is 3. The number of furan rings is 1. The molecule has 0 bridgehead atoms. The highest BCUT2D eigenvalue weighted by molar-refractivity contribution is 7.89. The number of sulfonamides is 1. The minimum absolute atomic E-state index is 0.211. The Bertz CT molecular complexity index is 591. The van der Waals surface area contributed by atoms with E-state index in [1.807, 2.05) is 0 Å². The molecule has 0 spiro atoms. The third kappa shape index (κ3) is 3.33. The summed E-state index contributed by atoms with van der Waals surface area (Å²) in [5.74, 6) is 1.50. The predicted molar refractivity (Wildman–Crippen MR) is 82.3 cm³/mol. The van der Waals surface area contributed by atoms with E-state index in [0.717, 1.165) is 12.8 Å². The highest BCUT2D eigenvalue weighted by Crippen LogP contribution is 2.36. The first kappa shape index (κ1) is 16.5. The average molecular weight is 314 g/mol. The van der Waals surface area contributed by atoms with Crippen LogP contribution in [0.5, 0.6) is 0 Å². The second-order valence-electron chi connectivity index (χ2n) is 6.88. The molecule has 0 aliphatic carbocycles. The summed E-state index contributed by atoms with van der Waals surface area (Å²) in [6.45, 7) is 9.69. The summed E-state index contributed by atoms with van der Waals surface area (Å²) >= 11 is 0. The molecule has 0 unspecified atom stereocenters. The van der Waals surface area contributed by atoms with E-state index >= 15 is 0 Å². The zero-order valence-electron chi connectivity index (χ0n) is 13.3. The van der Waals surface area contributed by atoms with Gasteiger partial charge in [0.05, 0.1) is 6.54 Å². The molecule has 0 aromatic carbocycles. The maximum atomic E-state index is 12.7. The molecule has 0 amide bonds. The third-order valence-corrected chi connectivity index (χ3v) is 6.43. The van der Waals surface area contributed by atoms with Gasteiger partial charge in [0.25, 0.3) is 0 Å². The van der Waals surface area contributed by atoms with Crippen LogP contribution >= 0.6 is 0 Å². The van der Waals surface area contributed by atoms with E-state index in [4.69, 9.17) is 10.2 Å². The van der Waals surface area contributed by atoms with Gasteiger partial charge in [0.2, 0.25) is 10.0 Å². The summed E-state index contributed by atoms with van der Waals surface area (Å²) in [6, 6.07) is 1.56. The highest BCUT2D eigenvalue weighted by atomic mass is 32.2. The standard InChI is InChI=1S/C15H26N2O3S/c1-11-14(9-13(10-16)20-11)21(18,19)17-7-5-12(6-8-17)15(2,3)4/h9,12H,5-8,10,16H2,1-4H3. The first-order chi connectivity index (χ1) is 9.66. The highest BCUT2D eigenvalue weighted by Gasteiger charge is 2.35. The molecule has 5 nitrogen and oxygen atoms in total. The van der Waals surface area contributed by atoms with E-state index in [-0.39, 0.29) is 16.9 Å². The van der Waals surface area contributed by atoms with Gasteiger partial charge in [-0.3, -0.25) is 0 Å². The SMILES string of the molecule is Cc1oc(CN)cc1S(=O)(=O)N1CCC(C(C)(C)C)CC1. The molecule has 1 aliphatic heterocycles. The number of piperidine rings is 1. The molecule has 1 aromatic rings. The molecule has 120 valence electrons. The van der Waals surface area contributed by atoms with Gasteiger partial charge in [0.1, 0.15) is 16.4 Å². The molecule has 1 saturated heterocycles. The molecule has 2 rings (SSSR count). The number of nitrogens with two attached hydrogens (primary N) is 1. The van der Waals surface area contributed by atoms with Crippen molar-refractivity contribution >= 4 is 10.0 Å². The fraction of sp³-hybridized carbons (Fsp3) is 0.733. The molecular formula is C15H26N2O3S. The lowest BCUT2D eigenvalue weighted by Gasteiger charge is -2.38. The van der Waals surface area contributed by atoms with Crippen LogP contribution in [0.4, 0.5) is 0 Å². The first-order valence-corrected chi connectivity index (χ1v) is 8.90. The fourth-order valence-corrected chi connectivity index (χ4v) is 4.64. The minimum atomic E-state index is -3.47. The summed E-state index contributed by atoms with van der Waals surface area (Å²) in [4.78, 5) is 0.261. The van der Waals surface area contributed by atoms with E-state index in [0.29, 0.717) is 30.5 Å². The lowest BCUT2D eigenvalue weighted by Crippen LogP contribution is -2.41. The summed E-state index contributed by atoms with van der Waals surface area (Å²) in [5, 5.41) is 0. The van der Waals surface area contributed by atoms with Crippen LogP contribution in [0.2, 0.25) is 0 Å². The summed E-state index contributed by atoms with van der Waals surface area (Å²) in [6.07, 6.45) is 1.81. The summed E-state index contributed by atoms with van der Waals surface area (Å²) < 4.78 is 32.4. The van der Waals surface area contributed by atoms with Crippen LogP contribution in [0, 0.1) is 18.3 Å². The van der Waals surface area contributed by atoms with Gasteiger partial charge in [-0.15, -0.1) is 0 Å². The van der Waals surface area contributed by atoms with E-state index < -0.39 is 10.0 Å². The molecule has 0 atom stereocenters. The second-order valence-corrected chi connectivity index (χ2v) is 8.79. The molecule has 21 heavy (non-hydrogen) atoms. The van der Waals surface area contributed by atoms with Gasteiger partial charge >= 0.3 is 0 Å². The maximum Gasteiger partial charge on any atom is 0.246 e. The molecule has 2 heterocycles. The van der Waals surface area contributed by atoms with Gasteiger partial charge in [-0.1, -0.05) is 20.8 Å². The normalized spacial score (nSPS) is 19.1. The van der Waals surface area contributed by atoms with Crippen molar-refractivity contribution in [2.24, 2.45) is 17.1 Å². The van der Waals surface area contributed by atoms with Gasteiger partial charge in [-0.2, -0.15) is 4.31 Å². The average Bonchev–Trinajstić information content (AvgIpc) is 2.80. The smallest absolute Gasteiger partial charge is 0.246 e. The fourth-order valence-electron chi connectivity index (χ4n) is 2.98. The topological polar surface area (TPSA) is 76.5 Å². The van der Waals surface area contributed by atoms with Crippen molar-refractivity contribution in [2.75, 3.05) is 13.1 Å². The third-order valence-electron chi connectivity index (χ3n) is 4.42. The van der Waals surface area contributed by atoms with Gasteiger partial charge in [0, 0.05) is 19.2 Å². The molecule has 6 heteroatoms. The van der Waals surface area contributed by atoms with Gasteiger partial charge < -0.3 is 10.2 Å². The van der Waals surface area contributed by atoms with Gasteiger partial charge in [-0.25, -0.2) is 8.42 Å². The van der Waals surface area contributed by atoms with E-state index in [1.165, 1.54) is 0 Å². The molecule has 1 aromatic heterocycles.